The molecule has 20 heavy (non-hydrogen) atoms. The molecule has 2 aromatic carbocycles. The molecule has 1 amide bonds. The highest BCUT2D eigenvalue weighted by atomic mass is 16.5. The summed E-state index contributed by atoms with van der Waals surface area (Å²) in [6.07, 6.45) is -0.128. The van der Waals surface area contributed by atoms with E-state index >= 15 is 0 Å². The molecule has 102 valence electrons. The number of hydrogen-bond acceptors (Lipinski definition) is 4. The predicted molar refractivity (Wildman–Crippen MR) is 76.3 cm³/mol. The van der Waals surface area contributed by atoms with E-state index in [9.17, 15) is 4.79 Å². The van der Waals surface area contributed by atoms with E-state index in [0.717, 1.165) is 16.9 Å². The first-order chi connectivity index (χ1) is 9.74. The first-order valence-electron chi connectivity index (χ1n) is 6.22. The average Bonchev–Trinajstić information content (AvgIpc) is 2.47. The molecule has 0 aromatic heterocycles. The maximum Gasteiger partial charge on any atom is 0.404 e. The third kappa shape index (κ3) is 4.53. The highest BCUT2D eigenvalue weighted by molar-refractivity contribution is 5.64. The molecule has 5 heteroatoms. The van der Waals surface area contributed by atoms with Gasteiger partial charge in [-0.1, -0.05) is 30.3 Å². The Hall–Kier alpha value is -2.69. The monoisotopic (exact) mass is 269 g/mol. The lowest BCUT2D eigenvalue weighted by Gasteiger charge is -2.02. The first-order valence-corrected chi connectivity index (χ1v) is 6.22. The topological polar surface area (TPSA) is 77.0 Å². The highest BCUT2D eigenvalue weighted by Crippen LogP contribution is 2.18. The van der Waals surface area contributed by atoms with Crippen LogP contribution in [0, 0.1) is 0 Å². The summed E-state index contributed by atoms with van der Waals surface area (Å²) in [6.45, 7) is 0.278. The van der Waals surface area contributed by atoms with Crippen molar-refractivity contribution >= 4 is 17.5 Å². The number of nitrogens with zero attached hydrogens (tertiary/aromatic N) is 2. The minimum Gasteiger partial charge on any atom is -0.449 e. The maximum absolute atomic E-state index is 10.4. The molecule has 0 spiro atoms. The third-order valence-electron chi connectivity index (χ3n) is 2.61. The molecule has 0 unspecified atom stereocenters. The molecule has 0 heterocycles. The zero-order valence-electron chi connectivity index (χ0n) is 10.9. The lowest BCUT2D eigenvalue weighted by Crippen LogP contribution is -2.14. The van der Waals surface area contributed by atoms with Gasteiger partial charge in [-0.2, -0.15) is 10.2 Å². The Labute approximate surface area is 117 Å². The van der Waals surface area contributed by atoms with Crippen LogP contribution in [0.3, 0.4) is 0 Å². The number of primary amides is 1. The molecule has 0 saturated heterocycles. The Morgan fingerprint density at radius 3 is 2.15 bits per heavy atom. The zero-order chi connectivity index (χ0) is 14.2. The molecular formula is C15H15N3O2. The van der Waals surface area contributed by atoms with Gasteiger partial charge in [0.2, 0.25) is 0 Å². The fourth-order valence-corrected chi connectivity index (χ4v) is 1.61. The molecule has 2 aromatic rings. The molecule has 0 aliphatic rings. The summed E-state index contributed by atoms with van der Waals surface area (Å²) in [5.74, 6) is 0. The van der Waals surface area contributed by atoms with Crippen molar-refractivity contribution in [3.8, 4) is 0 Å². The van der Waals surface area contributed by atoms with E-state index in [1.54, 1.807) is 0 Å². The number of amides is 1. The van der Waals surface area contributed by atoms with E-state index in [4.69, 9.17) is 5.73 Å². The standard InChI is InChI=1S/C15H15N3O2/c16-15(19)20-11-10-12-6-8-14(9-7-12)18-17-13-4-2-1-3-5-13/h1-9H,10-11H2,(H2,16,19). The number of benzene rings is 2. The molecule has 2 rings (SSSR count). The number of nitrogens with two attached hydrogens (primary N) is 1. The number of azo groups is 1. The van der Waals surface area contributed by atoms with Crippen LogP contribution in [0.25, 0.3) is 0 Å². The van der Waals surface area contributed by atoms with Crippen LogP contribution in [0.5, 0.6) is 0 Å². The fourth-order valence-electron chi connectivity index (χ4n) is 1.61. The van der Waals surface area contributed by atoms with Crippen molar-refractivity contribution in [1.82, 2.24) is 0 Å². The van der Waals surface area contributed by atoms with Crippen LogP contribution in [0.1, 0.15) is 5.56 Å². The van der Waals surface area contributed by atoms with Crippen LogP contribution < -0.4 is 5.73 Å². The molecule has 0 bridgehead atoms. The van der Waals surface area contributed by atoms with E-state index in [2.05, 4.69) is 15.0 Å². The number of rotatable bonds is 5. The fraction of sp³-hybridized carbons (Fsp3) is 0.133. The van der Waals surface area contributed by atoms with Gasteiger partial charge in [0.05, 0.1) is 18.0 Å². The Morgan fingerprint density at radius 1 is 0.950 bits per heavy atom. The lowest BCUT2D eigenvalue weighted by molar-refractivity contribution is 0.158. The van der Waals surface area contributed by atoms with Gasteiger partial charge in [0, 0.05) is 6.42 Å². The summed E-state index contributed by atoms with van der Waals surface area (Å²) in [6, 6.07) is 17.1. The lowest BCUT2D eigenvalue weighted by atomic mass is 10.1. The first kappa shape index (κ1) is 13.7. The third-order valence-corrected chi connectivity index (χ3v) is 2.61. The minimum atomic E-state index is -0.752. The summed E-state index contributed by atoms with van der Waals surface area (Å²) >= 11 is 0. The summed E-state index contributed by atoms with van der Waals surface area (Å²) in [5, 5.41) is 8.28. The van der Waals surface area contributed by atoms with Gasteiger partial charge in [0.25, 0.3) is 0 Å². The smallest absolute Gasteiger partial charge is 0.404 e. The zero-order valence-corrected chi connectivity index (χ0v) is 10.9. The van der Waals surface area contributed by atoms with Crippen molar-refractivity contribution in [2.24, 2.45) is 16.0 Å². The Balaban J connectivity index is 1.91. The summed E-state index contributed by atoms with van der Waals surface area (Å²) < 4.78 is 4.68. The van der Waals surface area contributed by atoms with E-state index in [-0.39, 0.29) is 6.61 Å². The highest BCUT2D eigenvalue weighted by Gasteiger charge is 1.97. The summed E-state index contributed by atoms with van der Waals surface area (Å²) in [5.41, 5.74) is 7.52. The van der Waals surface area contributed by atoms with Crippen LogP contribution in [-0.4, -0.2) is 12.7 Å². The molecule has 2 N–H and O–H groups in total. The van der Waals surface area contributed by atoms with Crippen molar-refractivity contribution in [3.63, 3.8) is 0 Å². The normalized spacial score (nSPS) is 10.6. The molecule has 0 saturated carbocycles. The van der Waals surface area contributed by atoms with Gasteiger partial charge in [0.1, 0.15) is 0 Å². The Kier molecular flexibility index (Phi) is 4.83. The average molecular weight is 269 g/mol. The van der Waals surface area contributed by atoms with Gasteiger partial charge in [-0.15, -0.1) is 0 Å². The molecule has 0 radical (unpaired) electrons. The second kappa shape index (κ2) is 7.04. The van der Waals surface area contributed by atoms with Gasteiger partial charge >= 0.3 is 6.09 Å². The minimum absolute atomic E-state index is 0.278. The van der Waals surface area contributed by atoms with Gasteiger partial charge in [-0.05, 0) is 29.8 Å². The van der Waals surface area contributed by atoms with Crippen LogP contribution >= 0.6 is 0 Å². The SMILES string of the molecule is NC(=O)OCCc1ccc(N=Nc2ccccc2)cc1. The van der Waals surface area contributed by atoms with E-state index in [1.165, 1.54) is 0 Å². The number of carbonyl (C=O) groups is 1. The molecule has 5 nitrogen and oxygen atoms in total. The van der Waals surface area contributed by atoms with Crippen LogP contribution in [0.4, 0.5) is 16.2 Å². The Morgan fingerprint density at radius 2 is 1.55 bits per heavy atom. The number of ether oxygens (including phenoxy) is 1. The van der Waals surface area contributed by atoms with Crippen LogP contribution in [-0.2, 0) is 11.2 Å². The second-order valence-corrected chi connectivity index (χ2v) is 4.12. The predicted octanol–water partition coefficient (Wildman–Crippen LogP) is 3.74. The van der Waals surface area contributed by atoms with Gasteiger partial charge in [-0.3, -0.25) is 0 Å². The largest absolute Gasteiger partial charge is 0.449 e. The van der Waals surface area contributed by atoms with Crippen molar-refractivity contribution in [1.29, 1.82) is 0 Å². The summed E-state index contributed by atoms with van der Waals surface area (Å²) in [7, 11) is 0. The van der Waals surface area contributed by atoms with Crippen molar-refractivity contribution in [2.75, 3.05) is 6.61 Å². The van der Waals surface area contributed by atoms with Crippen molar-refractivity contribution in [2.45, 2.75) is 6.42 Å². The van der Waals surface area contributed by atoms with Crippen LogP contribution in [0.15, 0.2) is 64.8 Å². The second-order valence-electron chi connectivity index (χ2n) is 4.12. The van der Waals surface area contributed by atoms with E-state index in [1.807, 2.05) is 54.6 Å². The van der Waals surface area contributed by atoms with E-state index < -0.39 is 6.09 Å². The number of hydrogen-bond donors (Lipinski definition) is 1. The maximum atomic E-state index is 10.4. The quantitative estimate of drug-likeness (QED) is 0.839. The molecule has 0 aliphatic carbocycles. The summed E-state index contributed by atoms with van der Waals surface area (Å²) in [4.78, 5) is 10.4. The number of carbonyl (C=O) groups excluding carboxylic acids is 1. The van der Waals surface area contributed by atoms with Gasteiger partial charge in [-0.25, -0.2) is 4.79 Å². The van der Waals surface area contributed by atoms with Gasteiger partial charge in [0.15, 0.2) is 0 Å². The van der Waals surface area contributed by atoms with Gasteiger partial charge < -0.3 is 10.5 Å². The van der Waals surface area contributed by atoms with Crippen molar-refractivity contribution in [3.05, 3.63) is 60.2 Å². The molecular weight excluding hydrogens is 254 g/mol. The van der Waals surface area contributed by atoms with E-state index in [0.29, 0.717) is 6.42 Å². The molecule has 0 aliphatic heterocycles. The Bertz CT molecular complexity index is 580. The molecule has 0 atom stereocenters. The van der Waals surface area contributed by atoms with Crippen LogP contribution in [0.2, 0.25) is 0 Å². The molecule has 0 fully saturated rings. The van der Waals surface area contributed by atoms with Crippen molar-refractivity contribution < 1.29 is 9.53 Å².